The Bertz CT molecular complexity index is 843. The van der Waals surface area contributed by atoms with Gasteiger partial charge in [0.2, 0.25) is 6.41 Å². The van der Waals surface area contributed by atoms with E-state index in [9.17, 15) is 14.9 Å². The van der Waals surface area contributed by atoms with E-state index in [1.54, 1.807) is 0 Å². The number of rotatable bonds is 8. The Morgan fingerprint density at radius 2 is 2.17 bits per heavy atom. The maximum absolute atomic E-state index is 12.4. The van der Waals surface area contributed by atoms with Crippen molar-refractivity contribution in [2.45, 2.75) is 44.7 Å². The first-order valence-corrected chi connectivity index (χ1v) is 9.51. The fraction of sp³-hybridized carbons (Fsp3) is 0.450. The fourth-order valence-corrected chi connectivity index (χ4v) is 3.38. The van der Waals surface area contributed by atoms with Crippen molar-refractivity contribution in [2.75, 3.05) is 19.0 Å². The Balaban J connectivity index is 2.53. The molecule has 0 radical (unpaired) electrons. The molecule has 2 rings (SSSR count). The number of hydrogen-bond acceptors (Lipinski definition) is 8. The largest absolute Gasteiger partial charge is 0.465 e. The molecule has 2 unspecified atom stereocenters. The zero-order valence-corrected chi connectivity index (χ0v) is 16.6. The molecular formula is C20H26N6O3. The number of amides is 1. The van der Waals surface area contributed by atoms with E-state index in [-0.39, 0.29) is 28.9 Å². The number of hydrogen-bond donors (Lipinski definition) is 3. The van der Waals surface area contributed by atoms with Gasteiger partial charge in [-0.25, -0.2) is 9.78 Å². The highest BCUT2D eigenvalue weighted by atomic mass is 16.5. The lowest BCUT2D eigenvalue weighted by atomic mass is 9.90. The highest BCUT2D eigenvalue weighted by Crippen LogP contribution is 2.26. The van der Waals surface area contributed by atoms with Crippen molar-refractivity contribution < 1.29 is 14.3 Å². The number of anilines is 1. The Labute approximate surface area is 170 Å². The summed E-state index contributed by atoms with van der Waals surface area (Å²) in [5.41, 5.74) is 6.51. The first kappa shape index (κ1) is 21.9. The molecule has 0 saturated heterocycles. The van der Waals surface area contributed by atoms with E-state index in [1.807, 2.05) is 13.0 Å². The Morgan fingerprint density at radius 3 is 2.76 bits per heavy atom. The van der Waals surface area contributed by atoms with Gasteiger partial charge in [-0.1, -0.05) is 12.8 Å². The Hall–Kier alpha value is -3.41. The molecule has 2 atom stereocenters. The van der Waals surface area contributed by atoms with E-state index in [0.29, 0.717) is 24.3 Å². The van der Waals surface area contributed by atoms with Crippen LogP contribution in [0, 0.1) is 11.3 Å². The third-order valence-corrected chi connectivity index (χ3v) is 4.78. The highest BCUT2D eigenvalue weighted by molar-refractivity contribution is 6.13. The maximum Gasteiger partial charge on any atom is 0.341 e. The van der Waals surface area contributed by atoms with Crippen LogP contribution in [0.15, 0.2) is 17.3 Å². The standard InChI is InChI=1S/C20H26N6O3/c1-3-23-11-14(10-22)19-18(20(28)29-2)13(9-21)8-17(26-19)25-16-7-5-4-6-15(16)24-12-27/h8,10-12,15-16H,3-7,22H2,1-2H3,(H,24,27)(H,25,26). The lowest BCUT2D eigenvalue weighted by molar-refractivity contribution is -0.110. The van der Waals surface area contributed by atoms with Gasteiger partial charge in [0, 0.05) is 36.6 Å². The minimum absolute atomic E-state index is 0.0333. The third kappa shape index (κ3) is 5.31. The molecule has 0 bridgehead atoms. The Morgan fingerprint density at radius 1 is 1.45 bits per heavy atom. The number of aliphatic imine (C=N–C) groups is 1. The number of esters is 1. The lowest BCUT2D eigenvalue weighted by Gasteiger charge is -2.32. The van der Waals surface area contributed by atoms with Gasteiger partial charge in [-0.05, 0) is 25.8 Å². The van der Waals surface area contributed by atoms with Crippen LogP contribution in [0.4, 0.5) is 5.82 Å². The van der Waals surface area contributed by atoms with Crippen LogP contribution in [0.25, 0.3) is 5.57 Å². The second kappa shape index (κ2) is 10.8. The van der Waals surface area contributed by atoms with Crippen molar-refractivity contribution >= 4 is 30.0 Å². The number of allylic oxidation sites excluding steroid dienone is 1. The van der Waals surface area contributed by atoms with E-state index in [2.05, 4.69) is 20.6 Å². The summed E-state index contributed by atoms with van der Waals surface area (Å²) in [6.07, 6.45) is 7.24. The topological polar surface area (TPSA) is 142 Å². The number of carbonyl (C=O) groups is 2. The van der Waals surface area contributed by atoms with E-state index < -0.39 is 5.97 Å². The summed E-state index contributed by atoms with van der Waals surface area (Å²) >= 11 is 0. The zero-order valence-electron chi connectivity index (χ0n) is 16.6. The molecule has 1 amide bonds. The third-order valence-electron chi connectivity index (χ3n) is 4.78. The number of nitrogens with two attached hydrogens (primary N) is 1. The molecule has 1 saturated carbocycles. The molecule has 0 aliphatic heterocycles. The molecule has 1 aliphatic carbocycles. The molecule has 1 heterocycles. The number of methoxy groups -OCH3 is 1. The summed E-state index contributed by atoms with van der Waals surface area (Å²) < 4.78 is 4.85. The molecule has 1 aliphatic rings. The maximum atomic E-state index is 12.4. The normalized spacial score (nSPS) is 19.4. The molecule has 1 aromatic heterocycles. The van der Waals surface area contributed by atoms with E-state index in [0.717, 1.165) is 25.7 Å². The number of nitrogens with one attached hydrogen (secondary N) is 2. The van der Waals surface area contributed by atoms with Gasteiger partial charge in [0.1, 0.15) is 17.5 Å². The highest BCUT2D eigenvalue weighted by Gasteiger charge is 2.27. The van der Waals surface area contributed by atoms with Crippen molar-refractivity contribution in [3.05, 3.63) is 29.1 Å². The van der Waals surface area contributed by atoms with Crippen molar-refractivity contribution in [3.63, 3.8) is 0 Å². The average Bonchev–Trinajstić information content (AvgIpc) is 2.75. The van der Waals surface area contributed by atoms with Gasteiger partial charge >= 0.3 is 5.97 Å². The second-order valence-electron chi connectivity index (χ2n) is 6.56. The van der Waals surface area contributed by atoms with E-state index >= 15 is 0 Å². The summed E-state index contributed by atoms with van der Waals surface area (Å²) in [6.45, 7) is 2.39. The van der Waals surface area contributed by atoms with Gasteiger partial charge in [0.15, 0.2) is 0 Å². The number of carbonyl (C=O) groups excluding carboxylic acids is 2. The number of nitrogens with zero attached hydrogens (tertiary/aromatic N) is 3. The monoisotopic (exact) mass is 398 g/mol. The van der Waals surface area contributed by atoms with Gasteiger partial charge < -0.3 is 21.1 Å². The smallest absolute Gasteiger partial charge is 0.341 e. The lowest BCUT2D eigenvalue weighted by Crippen LogP contribution is -2.45. The first-order chi connectivity index (χ1) is 14.1. The van der Waals surface area contributed by atoms with E-state index in [1.165, 1.54) is 25.6 Å². The van der Waals surface area contributed by atoms with Crippen molar-refractivity contribution in [1.82, 2.24) is 10.3 Å². The van der Waals surface area contributed by atoms with Gasteiger partial charge in [0.05, 0.1) is 18.4 Å². The summed E-state index contributed by atoms with van der Waals surface area (Å²) in [4.78, 5) is 32.0. The molecular weight excluding hydrogens is 372 g/mol. The predicted octanol–water partition coefficient (Wildman–Crippen LogP) is 1.60. The fourth-order valence-electron chi connectivity index (χ4n) is 3.38. The predicted molar refractivity (Wildman–Crippen MR) is 110 cm³/mol. The van der Waals surface area contributed by atoms with Crippen LogP contribution in [-0.2, 0) is 9.53 Å². The van der Waals surface area contributed by atoms with E-state index in [4.69, 9.17) is 10.5 Å². The number of pyridine rings is 1. The number of ether oxygens (including phenoxy) is 1. The van der Waals surface area contributed by atoms with Gasteiger partial charge in [-0.3, -0.25) is 9.79 Å². The molecule has 29 heavy (non-hydrogen) atoms. The summed E-state index contributed by atoms with van der Waals surface area (Å²) in [5.74, 6) is -0.268. The molecule has 154 valence electrons. The molecule has 9 heteroatoms. The minimum Gasteiger partial charge on any atom is -0.465 e. The van der Waals surface area contributed by atoms with Gasteiger partial charge in [0.25, 0.3) is 0 Å². The van der Waals surface area contributed by atoms with Gasteiger partial charge in [-0.2, -0.15) is 5.26 Å². The van der Waals surface area contributed by atoms with Crippen LogP contribution in [0.5, 0.6) is 0 Å². The van der Waals surface area contributed by atoms with Crippen LogP contribution in [0.3, 0.4) is 0 Å². The molecule has 0 spiro atoms. The van der Waals surface area contributed by atoms with Crippen molar-refractivity contribution in [3.8, 4) is 6.07 Å². The number of aromatic nitrogens is 1. The SMILES string of the molecule is CCN=CC(=CN)c1nc(NC2CCCCC2NC=O)cc(C#N)c1C(=O)OC. The molecule has 4 N–H and O–H groups in total. The van der Waals surface area contributed by atoms with Crippen LogP contribution >= 0.6 is 0 Å². The molecule has 1 aromatic rings. The number of nitriles is 1. The minimum atomic E-state index is -0.682. The second-order valence-corrected chi connectivity index (χ2v) is 6.56. The zero-order chi connectivity index (χ0) is 21.2. The molecule has 9 nitrogen and oxygen atoms in total. The Kier molecular flexibility index (Phi) is 8.15. The summed E-state index contributed by atoms with van der Waals surface area (Å²) in [5, 5.41) is 15.8. The van der Waals surface area contributed by atoms with Gasteiger partial charge in [-0.15, -0.1) is 0 Å². The summed E-state index contributed by atoms with van der Waals surface area (Å²) in [7, 11) is 1.24. The average molecular weight is 398 g/mol. The first-order valence-electron chi connectivity index (χ1n) is 9.51. The van der Waals surface area contributed by atoms with Crippen molar-refractivity contribution in [1.29, 1.82) is 5.26 Å². The van der Waals surface area contributed by atoms with Crippen LogP contribution in [-0.4, -0.2) is 49.3 Å². The molecule has 1 fully saturated rings. The van der Waals surface area contributed by atoms with Crippen LogP contribution in [0.1, 0.15) is 54.2 Å². The van der Waals surface area contributed by atoms with Crippen LogP contribution < -0.4 is 16.4 Å². The van der Waals surface area contributed by atoms with Crippen LogP contribution in [0.2, 0.25) is 0 Å². The van der Waals surface area contributed by atoms with Crippen molar-refractivity contribution in [2.24, 2.45) is 10.7 Å². The quantitative estimate of drug-likeness (QED) is 0.343. The molecule has 0 aromatic carbocycles. The summed E-state index contributed by atoms with van der Waals surface area (Å²) in [6, 6.07) is 3.46.